The van der Waals surface area contributed by atoms with Gasteiger partial charge in [0.05, 0.1) is 5.54 Å². The van der Waals surface area contributed by atoms with Crippen LogP contribution in [0, 0.1) is 0 Å². The molecule has 5 aromatic carbocycles. The molecule has 0 amide bonds. The van der Waals surface area contributed by atoms with Crippen LogP contribution in [0.3, 0.4) is 0 Å². The Kier molecular flexibility index (Phi) is 5.99. The second kappa shape index (κ2) is 9.94. The van der Waals surface area contributed by atoms with Gasteiger partial charge in [0.2, 0.25) is 0 Å². The van der Waals surface area contributed by atoms with Crippen molar-refractivity contribution in [3.8, 4) is 0 Å². The summed E-state index contributed by atoms with van der Waals surface area (Å²) < 4.78 is 1.31. The van der Waals surface area contributed by atoms with Crippen LogP contribution >= 0.6 is 11.3 Å². The van der Waals surface area contributed by atoms with Crippen LogP contribution in [0.4, 0.5) is 22.7 Å². The van der Waals surface area contributed by atoms with Gasteiger partial charge in [-0.1, -0.05) is 97.1 Å². The van der Waals surface area contributed by atoms with E-state index in [0.29, 0.717) is 0 Å². The molecule has 0 bridgehead atoms. The maximum Gasteiger partial charge on any atom is 0.0854 e. The Bertz CT molecular complexity index is 1700. The number of thiophene rings is 1. The van der Waals surface area contributed by atoms with E-state index < -0.39 is 0 Å². The zero-order valence-corrected chi connectivity index (χ0v) is 22.3. The SMILES string of the molecule is C1=CC(Nc2ccccc2)(c2ccccc2)Cc2c1sc1cc(N(c3ccccc3)c3ccccc3)ccc21. The molecule has 39 heavy (non-hydrogen) atoms. The standard InChI is InChI=1S/C36H28N2S/c1-5-13-27(14-6-1)36(37-28-15-7-2-8-16-28)24-23-34-33(26-36)32-22-21-31(25-35(32)39-34)38(29-17-9-3-10-18-29)30-19-11-4-12-20-30/h1-25,37H,26H2. The van der Waals surface area contributed by atoms with Crippen LogP contribution in [-0.2, 0) is 12.0 Å². The van der Waals surface area contributed by atoms with Crippen molar-refractivity contribution in [2.24, 2.45) is 0 Å². The first-order chi connectivity index (χ1) is 19.3. The first-order valence-corrected chi connectivity index (χ1v) is 14.1. The third-order valence-corrected chi connectivity index (χ3v) is 8.66. The van der Waals surface area contributed by atoms with Crippen molar-refractivity contribution in [2.75, 3.05) is 10.2 Å². The molecule has 0 spiro atoms. The van der Waals surface area contributed by atoms with Crippen molar-refractivity contribution >= 4 is 50.2 Å². The minimum absolute atomic E-state index is 0.317. The van der Waals surface area contributed by atoms with Crippen LogP contribution in [0.15, 0.2) is 146 Å². The zero-order chi connectivity index (χ0) is 26.1. The van der Waals surface area contributed by atoms with E-state index in [1.165, 1.54) is 31.8 Å². The molecule has 6 aromatic rings. The number of anilines is 4. The van der Waals surface area contributed by atoms with Gasteiger partial charge < -0.3 is 10.2 Å². The largest absolute Gasteiger partial charge is 0.372 e. The lowest BCUT2D eigenvalue weighted by molar-refractivity contribution is 0.609. The maximum atomic E-state index is 3.89. The highest BCUT2D eigenvalue weighted by Gasteiger charge is 2.34. The maximum absolute atomic E-state index is 3.89. The lowest BCUT2D eigenvalue weighted by atomic mass is 9.79. The number of nitrogens with one attached hydrogen (secondary N) is 1. The van der Waals surface area contributed by atoms with E-state index in [-0.39, 0.29) is 5.54 Å². The van der Waals surface area contributed by atoms with Crippen molar-refractivity contribution in [2.45, 2.75) is 12.0 Å². The van der Waals surface area contributed by atoms with Gasteiger partial charge in [0.1, 0.15) is 0 Å². The van der Waals surface area contributed by atoms with E-state index in [9.17, 15) is 0 Å². The summed E-state index contributed by atoms with van der Waals surface area (Å²) in [4.78, 5) is 3.67. The molecule has 2 nitrogen and oxygen atoms in total. The highest BCUT2D eigenvalue weighted by Crippen LogP contribution is 2.45. The fraction of sp³-hybridized carbons (Fsp3) is 0.0556. The molecule has 0 radical (unpaired) electrons. The van der Waals surface area contributed by atoms with Crippen molar-refractivity contribution in [1.29, 1.82) is 0 Å². The molecule has 0 fully saturated rings. The predicted octanol–water partition coefficient (Wildman–Crippen LogP) is 9.95. The Morgan fingerprint density at radius 3 is 1.85 bits per heavy atom. The molecule has 0 aliphatic heterocycles. The normalized spacial score (nSPS) is 16.1. The van der Waals surface area contributed by atoms with Gasteiger partial charge in [-0.15, -0.1) is 11.3 Å². The summed E-state index contributed by atoms with van der Waals surface area (Å²) in [6.07, 6.45) is 5.56. The number of fused-ring (bicyclic) bond motifs is 3. The van der Waals surface area contributed by atoms with Gasteiger partial charge in [0.25, 0.3) is 0 Å². The number of para-hydroxylation sites is 3. The Balaban J connectivity index is 1.32. The molecule has 1 unspecified atom stereocenters. The summed E-state index contributed by atoms with van der Waals surface area (Å²) in [5, 5.41) is 5.22. The van der Waals surface area contributed by atoms with Gasteiger partial charge in [0.15, 0.2) is 0 Å². The summed E-state index contributed by atoms with van der Waals surface area (Å²) in [5.74, 6) is 0. The molecule has 1 N–H and O–H groups in total. The molecule has 0 saturated heterocycles. The lowest BCUT2D eigenvalue weighted by Crippen LogP contribution is -2.37. The first kappa shape index (κ1) is 23.5. The van der Waals surface area contributed by atoms with E-state index in [1.54, 1.807) is 0 Å². The molecule has 7 rings (SSSR count). The van der Waals surface area contributed by atoms with E-state index in [2.05, 4.69) is 162 Å². The number of hydrogen-bond acceptors (Lipinski definition) is 3. The summed E-state index contributed by atoms with van der Waals surface area (Å²) in [6, 6.07) is 49.5. The smallest absolute Gasteiger partial charge is 0.0854 e. The summed E-state index contributed by atoms with van der Waals surface area (Å²) >= 11 is 1.88. The van der Waals surface area contributed by atoms with Gasteiger partial charge >= 0.3 is 0 Å². The van der Waals surface area contributed by atoms with Crippen molar-refractivity contribution in [1.82, 2.24) is 0 Å². The first-order valence-electron chi connectivity index (χ1n) is 13.3. The minimum Gasteiger partial charge on any atom is -0.372 e. The number of hydrogen-bond donors (Lipinski definition) is 1. The van der Waals surface area contributed by atoms with E-state index in [1.807, 2.05) is 11.3 Å². The van der Waals surface area contributed by atoms with Crippen LogP contribution in [0.25, 0.3) is 16.2 Å². The summed E-state index contributed by atoms with van der Waals surface area (Å²) in [5.41, 5.74) is 6.95. The fourth-order valence-corrected chi connectivity index (χ4v) is 6.80. The van der Waals surface area contributed by atoms with E-state index in [4.69, 9.17) is 0 Å². The van der Waals surface area contributed by atoms with Crippen LogP contribution < -0.4 is 10.2 Å². The van der Waals surface area contributed by atoms with Gasteiger partial charge in [-0.2, -0.15) is 0 Å². The Morgan fingerprint density at radius 1 is 0.615 bits per heavy atom. The number of nitrogens with zero attached hydrogens (tertiary/aromatic N) is 1. The summed E-state index contributed by atoms with van der Waals surface area (Å²) in [7, 11) is 0. The molecule has 3 heteroatoms. The van der Waals surface area contributed by atoms with Crippen molar-refractivity contribution in [3.05, 3.63) is 162 Å². The van der Waals surface area contributed by atoms with Gasteiger partial charge in [-0.25, -0.2) is 0 Å². The average molecular weight is 521 g/mol. The van der Waals surface area contributed by atoms with Gasteiger partial charge in [-0.05, 0) is 71.1 Å². The average Bonchev–Trinajstić information content (AvgIpc) is 3.36. The molecule has 1 heterocycles. The quantitative estimate of drug-likeness (QED) is 0.235. The fourth-order valence-electron chi connectivity index (χ4n) is 5.64. The molecule has 188 valence electrons. The molecule has 0 saturated carbocycles. The summed E-state index contributed by atoms with van der Waals surface area (Å²) in [6.45, 7) is 0. The predicted molar refractivity (Wildman–Crippen MR) is 167 cm³/mol. The van der Waals surface area contributed by atoms with Crippen molar-refractivity contribution in [3.63, 3.8) is 0 Å². The second-order valence-corrected chi connectivity index (χ2v) is 11.1. The second-order valence-electron chi connectivity index (χ2n) is 9.97. The number of rotatable bonds is 6. The number of benzene rings is 5. The highest BCUT2D eigenvalue weighted by molar-refractivity contribution is 7.20. The highest BCUT2D eigenvalue weighted by atomic mass is 32.1. The van der Waals surface area contributed by atoms with Crippen LogP contribution in [0.2, 0.25) is 0 Å². The molecule has 1 aliphatic rings. The molecular weight excluding hydrogens is 492 g/mol. The van der Waals surface area contributed by atoms with Crippen LogP contribution in [0.1, 0.15) is 16.0 Å². The Morgan fingerprint density at radius 2 is 1.21 bits per heavy atom. The van der Waals surface area contributed by atoms with Crippen molar-refractivity contribution < 1.29 is 0 Å². The molecule has 1 aromatic heterocycles. The Labute approximate surface area is 233 Å². The van der Waals surface area contributed by atoms with Crippen LogP contribution in [-0.4, -0.2) is 0 Å². The third kappa shape index (κ3) is 4.41. The minimum atomic E-state index is -0.317. The monoisotopic (exact) mass is 520 g/mol. The molecular formula is C36H28N2S. The van der Waals surface area contributed by atoms with Gasteiger partial charge in [0, 0.05) is 38.7 Å². The van der Waals surface area contributed by atoms with E-state index >= 15 is 0 Å². The van der Waals surface area contributed by atoms with E-state index in [0.717, 1.165) is 23.5 Å². The zero-order valence-electron chi connectivity index (χ0n) is 21.5. The lowest BCUT2D eigenvalue weighted by Gasteiger charge is -2.36. The third-order valence-electron chi connectivity index (χ3n) is 7.50. The molecule has 1 atom stereocenters. The molecule has 1 aliphatic carbocycles. The Hall–Kier alpha value is -4.60. The topological polar surface area (TPSA) is 15.3 Å². The van der Waals surface area contributed by atoms with Gasteiger partial charge in [-0.3, -0.25) is 0 Å². The van der Waals surface area contributed by atoms with Crippen LogP contribution in [0.5, 0.6) is 0 Å².